The van der Waals surface area contributed by atoms with Gasteiger partial charge in [-0.3, -0.25) is 0 Å². The van der Waals surface area contributed by atoms with Crippen molar-refractivity contribution >= 4 is 5.82 Å². The Morgan fingerprint density at radius 1 is 1.60 bits per heavy atom. The van der Waals surface area contributed by atoms with Gasteiger partial charge in [-0.1, -0.05) is 0 Å². The zero-order chi connectivity index (χ0) is 10.5. The van der Waals surface area contributed by atoms with Gasteiger partial charge in [-0.15, -0.1) is 0 Å². The number of aromatic nitrogens is 2. The molecule has 15 heavy (non-hydrogen) atoms. The SMILES string of the molecule is Fc1cncnc1NCC1CCCNC1. The van der Waals surface area contributed by atoms with E-state index >= 15 is 0 Å². The molecule has 5 heteroatoms. The maximum Gasteiger partial charge on any atom is 0.183 e. The molecule has 0 aliphatic carbocycles. The number of nitrogens with zero attached hydrogens (tertiary/aromatic N) is 2. The molecule has 2 rings (SSSR count). The molecule has 4 nitrogen and oxygen atoms in total. The normalized spacial score (nSPS) is 21.3. The summed E-state index contributed by atoms with van der Waals surface area (Å²) in [5.74, 6) is 0.477. The van der Waals surface area contributed by atoms with Gasteiger partial charge >= 0.3 is 0 Å². The van der Waals surface area contributed by atoms with Crippen molar-refractivity contribution in [1.82, 2.24) is 15.3 Å². The molecule has 0 amide bonds. The van der Waals surface area contributed by atoms with Crippen LogP contribution in [0.4, 0.5) is 10.2 Å². The van der Waals surface area contributed by atoms with E-state index in [4.69, 9.17) is 0 Å². The lowest BCUT2D eigenvalue weighted by Crippen LogP contribution is -2.33. The Balaban J connectivity index is 1.84. The fraction of sp³-hybridized carbons (Fsp3) is 0.600. The van der Waals surface area contributed by atoms with E-state index in [1.165, 1.54) is 25.4 Å². The summed E-state index contributed by atoms with van der Waals surface area (Å²) in [7, 11) is 0. The highest BCUT2D eigenvalue weighted by Gasteiger charge is 2.13. The maximum absolute atomic E-state index is 13.1. The van der Waals surface area contributed by atoms with Crippen molar-refractivity contribution in [1.29, 1.82) is 0 Å². The molecule has 1 fully saturated rings. The highest BCUT2D eigenvalue weighted by atomic mass is 19.1. The zero-order valence-corrected chi connectivity index (χ0v) is 8.54. The fourth-order valence-corrected chi connectivity index (χ4v) is 1.78. The van der Waals surface area contributed by atoms with Crippen LogP contribution in [-0.4, -0.2) is 29.6 Å². The summed E-state index contributed by atoms with van der Waals surface area (Å²) in [6.45, 7) is 2.86. The first-order valence-electron chi connectivity index (χ1n) is 5.26. The second-order valence-electron chi connectivity index (χ2n) is 3.81. The summed E-state index contributed by atoms with van der Waals surface area (Å²) in [6.07, 6.45) is 4.91. The Bertz CT molecular complexity index is 312. The third-order valence-electron chi connectivity index (χ3n) is 2.62. The molecule has 2 N–H and O–H groups in total. The van der Waals surface area contributed by atoms with Crippen LogP contribution in [0.5, 0.6) is 0 Å². The molecule has 1 saturated heterocycles. The molecule has 2 heterocycles. The number of piperidine rings is 1. The molecular weight excluding hydrogens is 195 g/mol. The van der Waals surface area contributed by atoms with Gasteiger partial charge in [0.05, 0.1) is 6.20 Å². The van der Waals surface area contributed by atoms with Crippen molar-refractivity contribution in [3.05, 3.63) is 18.3 Å². The molecule has 0 spiro atoms. The summed E-state index contributed by atoms with van der Waals surface area (Å²) in [4.78, 5) is 7.45. The van der Waals surface area contributed by atoms with Crippen molar-refractivity contribution in [3.63, 3.8) is 0 Å². The summed E-state index contributed by atoms with van der Waals surface area (Å²) < 4.78 is 13.1. The first-order valence-corrected chi connectivity index (χ1v) is 5.26. The Labute approximate surface area is 88.3 Å². The van der Waals surface area contributed by atoms with Crippen molar-refractivity contribution < 1.29 is 4.39 Å². The van der Waals surface area contributed by atoms with E-state index in [1.807, 2.05) is 0 Å². The Morgan fingerprint density at radius 2 is 2.53 bits per heavy atom. The Hall–Kier alpha value is -1.23. The first kappa shape index (κ1) is 10.3. The zero-order valence-electron chi connectivity index (χ0n) is 8.54. The molecule has 1 atom stereocenters. The van der Waals surface area contributed by atoms with Gasteiger partial charge in [0.1, 0.15) is 6.33 Å². The van der Waals surface area contributed by atoms with Crippen LogP contribution in [0, 0.1) is 11.7 Å². The molecule has 1 aromatic heterocycles. The molecule has 82 valence electrons. The van der Waals surface area contributed by atoms with E-state index in [0.717, 1.165) is 19.6 Å². The predicted molar refractivity (Wildman–Crippen MR) is 56.1 cm³/mol. The van der Waals surface area contributed by atoms with Crippen LogP contribution in [0.25, 0.3) is 0 Å². The number of hydrogen-bond donors (Lipinski definition) is 2. The van der Waals surface area contributed by atoms with Crippen molar-refractivity contribution in [2.75, 3.05) is 25.0 Å². The highest BCUT2D eigenvalue weighted by molar-refractivity contribution is 5.33. The number of hydrogen-bond acceptors (Lipinski definition) is 4. The van der Waals surface area contributed by atoms with Gasteiger partial charge in [0.2, 0.25) is 0 Å². The van der Waals surface area contributed by atoms with Gasteiger partial charge in [0.15, 0.2) is 11.6 Å². The lowest BCUT2D eigenvalue weighted by Gasteiger charge is -2.23. The van der Waals surface area contributed by atoms with Crippen LogP contribution in [0.1, 0.15) is 12.8 Å². The van der Waals surface area contributed by atoms with Gasteiger partial charge in [-0.25, -0.2) is 14.4 Å². The van der Waals surface area contributed by atoms with Crippen LogP contribution >= 0.6 is 0 Å². The maximum atomic E-state index is 13.1. The van der Waals surface area contributed by atoms with Crippen LogP contribution in [-0.2, 0) is 0 Å². The largest absolute Gasteiger partial charge is 0.367 e. The third-order valence-corrected chi connectivity index (χ3v) is 2.62. The van der Waals surface area contributed by atoms with Gasteiger partial charge in [-0.2, -0.15) is 0 Å². The van der Waals surface area contributed by atoms with Gasteiger partial charge in [0.25, 0.3) is 0 Å². The summed E-state index contributed by atoms with van der Waals surface area (Å²) >= 11 is 0. The molecular formula is C10H15FN4. The summed E-state index contributed by atoms with van der Waals surface area (Å²) in [6, 6.07) is 0. The van der Waals surface area contributed by atoms with E-state index in [1.54, 1.807) is 0 Å². The predicted octanol–water partition coefficient (Wildman–Crippen LogP) is 1.03. The van der Waals surface area contributed by atoms with Crippen LogP contribution < -0.4 is 10.6 Å². The van der Waals surface area contributed by atoms with E-state index in [0.29, 0.717) is 11.7 Å². The number of halogens is 1. The summed E-state index contributed by atoms with van der Waals surface area (Å²) in [5, 5.41) is 6.34. The number of anilines is 1. The Morgan fingerprint density at radius 3 is 3.27 bits per heavy atom. The minimum Gasteiger partial charge on any atom is -0.367 e. The summed E-state index contributed by atoms with van der Waals surface area (Å²) in [5.41, 5.74) is 0. The lowest BCUT2D eigenvalue weighted by atomic mass is 10.00. The van der Waals surface area contributed by atoms with Crippen LogP contribution in [0.2, 0.25) is 0 Å². The second-order valence-corrected chi connectivity index (χ2v) is 3.81. The van der Waals surface area contributed by atoms with E-state index < -0.39 is 0 Å². The smallest absolute Gasteiger partial charge is 0.183 e. The average molecular weight is 210 g/mol. The van der Waals surface area contributed by atoms with Crippen molar-refractivity contribution in [3.8, 4) is 0 Å². The molecule has 1 aliphatic heterocycles. The Kier molecular flexibility index (Phi) is 3.45. The molecule has 0 radical (unpaired) electrons. The van der Waals surface area contributed by atoms with Gasteiger partial charge < -0.3 is 10.6 Å². The van der Waals surface area contributed by atoms with E-state index in [-0.39, 0.29) is 5.82 Å². The minimum atomic E-state index is -0.388. The van der Waals surface area contributed by atoms with Gasteiger partial charge in [-0.05, 0) is 31.8 Å². The third kappa shape index (κ3) is 2.86. The van der Waals surface area contributed by atoms with Crippen LogP contribution in [0.15, 0.2) is 12.5 Å². The molecule has 0 saturated carbocycles. The lowest BCUT2D eigenvalue weighted by molar-refractivity contribution is 0.392. The molecule has 0 bridgehead atoms. The van der Waals surface area contributed by atoms with Crippen molar-refractivity contribution in [2.45, 2.75) is 12.8 Å². The fourth-order valence-electron chi connectivity index (χ4n) is 1.78. The van der Waals surface area contributed by atoms with E-state index in [9.17, 15) is 4.39 Å². The first-order chi connectivity index (χ1) is 7.36. The second kappa shape index (κ2) is 5.02. The van der Waals surface area contributed by atoms with Crippen LogP contribution in [0.3, 0.4) is 0 Å². The number of rotatable bonds is 3. The quantitative estimate of drug-likeness (QED) is 0.782. The monoisotopic (exact) mass is 210 g/mol. The molecule has 1 unspecified atom stereocenters. The minimum absolute atomic E-state index is 0.301. The standard InChI is InChI=1S/C10H15FN4/c11-9-6-13-7-15-10(9)14-5-8-2-1-3-12-4-8/h6-8,12H,1-5H2,(H,13,14,15). The molecule has 0 aromatic carbocycles. The van der Waals surface area contributed by atoms with Gasteiger partial charge in [0, 0.05) is 6.54 Å². The van der Waals surface area contributed by atoms with E-state index in [2.05, 4.69) is 20.6 Å². The molecule has 1 aliphatic rings. The topological polar surface area (TPSA) is 49.8 Å². The average Bonchev–Trinajstić information content (AvgIpc) is 2.29. The molecule has 1 aromatic rings. The van der Waals surface area contributed by atoms with Crippen molar-refractivity contribution in [2.24, 2.45) is 5.92 Å². The number of nitrogens with one attached hydrogen (secondary N) is 2. The highest BCUT2D eigenvalue weighted by Crippen LogP contribution is 2.12.